The summed E-state index contributed by atoms with van der Waals surface area (Å²) in [7, 11) is 3.57. The molecule has 0 aliphatic carbocycles. The highest BCUT2D eigenvalue weighted by molar-refractivity contribution is 5.89. The molecule has 8 nitrogen and oxygen atoms in total. The zero-order chi connectivity index (χ0) is 20.6. The van der Waals surface area contributed by atoms with Gasteiger partial charge in [-0.3, -0.25) is 19.2 Å². The number of hydrogen-bond donors (Lipinski definition) is 3. The molecule has 0 atom stereocenters. The fourth-order valence-corrected chi connectivity index (χ4v) is 3.54. The lowest BCUT2D eigenvalue weighted by molar-refractivity contribution is -0.126. The summed E-state index contributed by atoms with van der Waals surface area (Å²) in [6.07, 6.45) is 3.40. The first-order chi connectivity index (χ1) is 13.4. The molecule has 2 heterocycles. The van der Waals surface area contributed by atoms with E-state index >= 15 is 0 Å². The van der Waals surface area contributed by atoms with Crippen molar-refractivity contribution in [3.05, 3.63) is 47.7 Å². The first-order valence-electron chi connectivity index (χ1n) is 9.28. The number of carboxylic acid groups (broad SMARTS) is 1. The molecular formula is C20H29N5O3. The fourth-order valence-electron chi connectivity index (χ4n) is 3.54. The van der Waals surface area contributed by atoms with E-state index in [2.05, 4.69) is 51.8 Å². The van der Waals surface area contributed by atoms with Crippen molar-refractivity contribution in [2.45, 2.75) is 31.8 Å². The molecule has 1 aromatic heterocycles. The molecule has 28 heavy (non-hydrogen) atoms. The number of carbonyl (C=O) groups is 2. The molecule has 1 saturated heterocycles. The molecule has 2 aromatic rings. The van der Waals surface area contributed by atoms with Crippen LogP contribution in [0.15, 0.2) is 36.5 Å². The van der Waals surface area contributed by atoms with Gasteiger partial charge in [-0.15, -0.1) is 0 Å². The van der Waals surface area contributed by atoms with E-state index in [4.69, 9.17) is 9.90 Å². The molecule has 152 valence electrons. The van der Waals surface area contributed by atoms with Crippen LogP contribution >= 0.6 is 0 Å². The Hall–Kier alpha value is -2.87. The van der Waals surface area contributed by atoms with Crippen molar-refractivity contribution in [1.29, 1.82) is 0 Å². The van der Waals surface area contributed by atoms with E-state index in [0.29, 0.717) is 0 Å². The Balaban J connectivity index is 0.000000878. The lowest BCUT2D eigenvalue weighted by Gasteiger charge is -2.41. The molecule has 3 rings (SSSR count). The molecule has 1 aliphatic heterocycles. The quantitative estimate of drug-likeness (QED) is 0.675. The van der Waals surface area contributed by atoms with Gasteiger partial charge in [0, 0.05) is 46.0 Å². The van der Waals surface area contributed by atoms with Crippen molar-refractivity contribution in [2.24, 2.45) is 7.05 Å². The minimum atomic E-state index is -0.591. The van der Waals surface area contributed by atoms with Gasteiger partial charge in [0.1, 0.15) is 11.4 Å². The number of carbonyl (C=O) groups excluding carboxylic acids is 1. The predicted molar refractivity (Wildman–Crippen MR) is 108 cm³/mol. The zero-order valence-electron chi connectivity index (χ0n) is 16.7. The largest absolute Gasteiger partial charge is 0.483 e. The van der Waals surface area contributed by atoms with E-state index < -0.39 is 5.54 Å². The number of hydrogen-bond acceptors (Lipinski definition) is 5. The Labute approximate surface area is 165 Å². The molecule has 1 aromatic carbocycles. The molecule has 0 saturated carbocycles. The van der Waals surface area contributed by atoms with Gasteiger partial charge in [-0.05, 0) is 25.3 Å². The van der Waals surface area contributed by atoms with E-state index in [1.165, 1.54) is 11.1 Å². The van der Waals surface area contributed by atoms with Crippen molar-refractivity contribution in [1.82, 2.24) is 20.0 Å². The summed E-state index contributed by atoms with van der Waals surface area (Å²) in [5.74, 6) is 0.784. The molecule has 8 heteroatoms. The molecule has 3 N–H and O–H groups in total. The van der Waals surface area contributed by atoms with Gasteiger partial charge in [0.25, 0.3) is 6.47 Å². The summed E-state index contributed by atoms with van der Waals surface area (Å²) >= 11 is 0. The molecule has 1 fully saturated rings. The molecule has 0 unspecified atom stereocenters. The molecule has 0 radical (unpaired) electrons. The topological polar surface area (TPSA) is 99.5 Å². The number of rotatable bonds is 5. The Bertz CT molecular complexity index is 782. The third-order valence-corrected chi connectivity index (χ3v) is 4.94. The smallest absolute Gasteiger partial charge is 0.290 e. The SMILES string of the molecule is CNC(=O)C1(Nc2ccn(C)n2)CCN(Cc2cccc(C)c2)CC1.O=CO. The maximum absolute atomic E-state index is 12.6. The number of aryl methyl sites for hydroxylation is 2. The predicted octanol–water partition coefficient (Wildman–Crippen LogP) is 1.62. The average Bonchev–Trinajstić information content (AvgIpc) is 3.08. The van der Waals surface area contributed by atoms with Crippen molar-refractivity contribution in [2.75, 3.05) is 25.5 Å². The maximum atomic E-state index is 12.6. The van der Waals surface area contributed by atoms with Crippen LogP contribution in [-0.2, 0) is 23.2 Å². The highest BCUT2D eigenvalue weighted by atomic mass is 16.3. The van der Waals surface area contributed by atoms with Crippen molar-refractivity contribution < 1.29 is 14.7 Å². The number of amides is 1. The van der Waals surface area contributed by atoms with E-state index in [1.54, 1.807) is 11.7 Å². The molecule has 0 spiro atoms. The van der Waals surface area contributed by atoms with Crippen LogP contribution < -0.4 is 10.6 Å². The standard InChI is InChI=1S/C19H27N5O.CH2O2/c1-15-5-4-6-16(13-15)14-24-11-8-19(9-12-24,18(25)20-2)21-17-7-10-23(3)22-17;2-1-3/h4-7,10,13H,8-9,11-12,14H2,1-3H3,(H,20,25)(H,21,22);1H,(H,2,3). The maximum Gasteiger partial charge on any atom is 0.290 e. The number of nitrogens with zero attached hydrogens (tertiary/aromatic N) is 3. The van der Waals surface area contributed by atoms with Crippen molar-refractivity contribution in [3.63, 3.8) is 0 Å². The van der Waals surface area contributed by atoms with Gasteiger partial charge in [0.05, 0.1) is 0 Å². The monoisotopic (exact) mass is 387 g/mol. The lowest BCUT2D eigenvalue weighted by atomic mass is 9.86. The van der Waals surface area contributed by atoms with Gasteiger partial charge in [-0.2, -0.15) is 5.10 Å². The van der Waals surface area contributed by atoms with Crippen LogP contribution in [0.25, 0.3) is 0 Å². The van der Waals surface area contributed by atoms with Gasteiger partial charge in [0.15, 0.2) is 0 Å². The highest BCUT2D eigenvalue weighted by Gasteiger charge is 2.41. The second-order valence-corrected chi connectivity index (χ2v) is 7.03. The molecular weight excluding hydrogens is 358 g/mol. The second-order valence-electron chi connectivity index (χ2n) is 7.03. The van der Waals surface area contributed by atoms with Crippen LogP contribution in [0.5, 0.6) is 0 Å². The summed E-state index contributed by atoms with van der Waals surface area (Å²) in [5.41, 5.74) is 2.02. The van der Waals surface area contributed by atoms with Crippen LogP contribution in [0, 0.1) is 6.92 Å². The minimum absolute atomic E-state index is 0.0355. The Kier molecular flexibility index (Phi) is 7.57. The van der Waals surface area contributed by atoms with Gasteiger partial charge in [-0.1, -0.05) is 29.8 Å². The lowest BCUT2D eigenvalue weighted by Crippen LogP contribution is -2.57. The Morgan fingerprint density at radius 1 is 1.32 bits per heavy atom. The van der Waals surface area contributed by atoms with Crippen molar-refractivity contribution in [3.8, 4) is 0 Å². The van der Waals surface area contributed by atoms with E-state index in [0.717, 1.165) is 38.3 Å². The van der Waals surface area contributed by atoms with E-state index in [9.17, 15) is 4.79 Å². The number of likely N-dealkylation sites (tertiary alicyclic amines) is 1. The minimum Gasteiger partial charge on any atom is -0.483 e. The average molecular weight is 387 g/mol. The number of piperidine rings is 1. The first-order valence-corrected chi connectivity index (χ1v) is 9.28. The van der Waals surface area contributed by atoms with Gasteiger partial charge in [-0.25, -0.2) is 0 Å². The summed E-state index contributed by atoms with van der Waals surface area (Å²) in [5, 5.41) is 17.5. The van der Waals surface area contributed by atoms with Crippen LogP contribution in [0.2, 0.25) is 0 Å². The van der Waals surface area contributed by atoms with Crippen LogP contribution in [0.3, 0.4) is 0 Å². The Morgan fingerprint density at radius 2 is 2.00 bits per heavy atom. The molecule has 1 aliphatic rings. The number of likely N-dealkylation sites (N-methyl/N-ethyl adjacent to an activating group) is 1. The highest BCUT2D eigenvalue weighted by Crippen LogP contribution is 2.27. The summed E-state index contributed by atoms with van der Waals surface area (Å²) in [6, 6.07) is 10.5. The number of anilines is 1. The number of benzene rings is 1. The molecule has 0 bridgehead atoms. The number of aromatic nitrogens is 2. The van der Waals surface area contributed by atoms with Crippen LogP contribution in [-0.4, -0.2) is 57.8 Å². The van der Waals surface area contributed by atoms with Gasteiger partial charge >= 0.3 is 0 Å². The summed E-state index contributed by atoms with van der Waals surface area (Å²) in [4.78, 5) is 23.4. The third-order valence-electron chi connectivity index (χ3n) is 4.94. The molecule has 1 amide bonds. The first kappa shape index (κ1) is 21.4. The fraction of sp³-hybridized carbons (Fsp3) is 0.450. The van der Waals surface area contributed by atoms with Gasteiger partial charge < -0.3 is 15.7 Å². The van der Waals surface area contributed by atoms with E-state index in [1.807, 2.05) is 19.3 Å². The number of nitrogens with one attached hydrogen (secondary N) is 2. The second kappa shape index (κ2) is 9.89. The summed E-state index contributed by atoms with van der Waals surface area (Å²) < 4.78 is 1.74. The third kappa shape index (κ3) is 5.56. The van der Waals surface area contributed by atoms with Gasteiger partial charge in [0.2, 0.25) is 5.91 Å². The summed E-state index contributed by atoms with van der Waals surface area (Å²) in [6.45, 7) is 4.55. The van der Waals surface area contributed by atoms with Crippen LogP contribution in [0.1, 0.15) is 24.0 Å². The van der Waals surface area contributed by atoms with Crippen molar-refractivity contribution >= 4 is 18.2 Å². The normalized spacial score (nSPS) is 15.8. The van der Waals surface area contributed by atoms with Crippen LogP contribution in [0.4, 0.5) is 5.82 Å². The Morgan fingerprint density at radius 3 is 2.54 bits per heavy atom. The zero-order valence-corrected chi connectivity index (χ0v) is 16.7. The van der Waals surface area contributed by atoms with E-state index in [-0.39, 0.29) is 12.4 Å².